The van der Waals surface area contributed by atoms with Crippen LogP contribution in [0.2, 0.25) is 5.15 Å². The van der Waals surface area contributed by atoms with Crippen LogP contribution in [0, 0.1) is 11.3 Å². The van der Waals surface area contributed by atoms with Crippen molar-refractivity contribution in [2.24, 2.45) is 5.73 Å². The molecule has 7 heteroatoms. The van der Waals surface area contributed by atoms with Crippen LogP contribution in [0.3, 0.4) is 0 Å². The molecule has 0 amide bonds. The number of hydrogen-bond donors (Lipinski definition) is 1. The van der Waals surface area contributed by atoms with Crippen molar-refractivity contribution in [1.29, 1.82) is 5.26 Å². The number of aromatic nitrogens is 1. The smallest absolute Gasteiger partial charge is 0.188 e. The lowest BCUT2D eigenvalue weighted by molar-refractivity contribution is 0.0465. The van der Waals surface area contributed by atoms with E-state index in [0.29, 0.717) is 24.6 Å². The summed E-state index contributed by atoms with van der Waals surface area (Å²) in [5.74, 6) is 0. The molecular weight excluding hydrogens is 248 g/mol. The molecule has 16 heavy (non-hydrogen) atoms. The Bertz CT molecular complexity index is 416. The average Bonchev–Trinajstić information content (AvgIpc) is 2.71. The molecule has 1 unspecified atom stereocenters. The normalized spacial score (nSPS) is 20.8. The first-order chi connectivity index (χ1) is 7.74. The number of hydrogen-bond acceptors (Lipinski definition) is 6. The van der Waals surface area contributed by atoms with Crippen LogP contribution < -0.4 is 10.6 Å². The van der Waals surface area contributed by atoms with Crippen molar-refractivity contribution in [2.45, 2.75) is 6.10 Å². The van der Waals surface area contributed by atoms with E-state index in [1.807, 2.05) is 6.07 Å². The Morgan fingerprint density at radius 1 is 1.75 bits per heavy atom. The van der Waals surface area contributed by atoms with Gasteiger partial charge in [0, 0.05) is 19.6 Å². The first-order valence-electron chi connectivity index (χ1n) is 4.87. The van der Waals surface area contributed by atoms with E-state index in [-0.39, 0.29) is 11.3 Å². The summed E-state index contributed by atoms with van der Waals surface area (Å²) < 4.78 is 5.45. The Morgan fingerprint density at radius 3 is 3.19 bits per heavy atom. The van der Waals surface area contributed by atoms with Crippen molar-refractivity contribution in [3.8, 4) is 6.07 Å². The third kappa shape index (κ3) is 2.28. The fourth-order valence-corrected chi connectivity index (χ4v) is 2.61. The molecule has 1 aromatic heterocycles. The Labute approximate surface area is 102 Å². The van der Waals surface area contributed by atoms with E-state index < -0.39 is 0 Å². The van der Waals surface area contributed by atoms with E-state index >= 15 is 0 Å². The van der Waals surface area contributed by atoms with E-state index in [1.54, 1.807) is 0 Å². The van der Waals surface area contributed by atoms with Crippen molar-refractivity contribution in [3.63, 3.8) is 0 Å². The number of nitrogens with two attached hydrogens (primary N) is 1. The molecule has 0 bridgehead atoms. The summed E-state index contributed by atoms with van der Waals surface area (Å²) in [6.07, 6.45) is 0.0296. The van der Waals surface area contributed by atoms with Crippen LogP contribution in [0.5, 0.6) is 0 Å². The second-order valence-corrected chi connectivity index (χ2v) is 4.74. The van der Waals surface area contributed by atoms with Crippen LogP contribution in [-0.2, 0) is 4.74 Å². The van der Waals surface area contributed by atoms with E-state index in [1.165, 1.54) is 11.3 Å². The Kier molecular flexibility index (Phi) is 3.61. The maximum Gasteiger partial charge on any atom is 0.188 e. The maximum atomic E-state index is 8.80. The molecule has 0 aromatic carbocycles. The summed E-state index contributed by atoms with van der Waals surface area (Å²) in [6.45, 7) is 2.57. The van der Waals surface area contributed by atoms with Crippen LogP contribution in [0.25, 0.3) is 0 Å². The molecule has 2 N–H and O–H groups in total. The van der Waals surface area contributed by atoms with Crippen LogP contribution in [0.15, 0.2) is 0 Å². The molecule has 2 heterocycles. The largest absolute Gasteiger partial charge is 0.373 e. The lowest BCUT2D eigenvalue weighted by Crippen LogP contribution is -2.45. The van der Waals surface area contributed by atoms with E-state index in [2.05, 4.69) is 9.88 Å². The van der Waals surface area contributed by atoms with E-state index in [0.717, 1.165) is 11.7 Å². The second kappa shape index (κ2) is 4.97. The zero-order valence-electron chi connectivity index (χ0n) is 8.52. The van der Waals surface area contributed by atoms with Gasteiger partial charge in [-0.25, -0.2) is 4.98 Å². The summed E-state index contributed by atoms with van der Waals surface area (Å²) in [7, 11) is 0. The molecular formula is C9H11ClN4OS. The molecule has 2 rings (SSSR count). The fraction of sp³-hybridized carbons (Fsp3) is 0.556. The lowest BCUT2D eigenvalue weighted by Gasteiger charge is -2.31. The van der Waals surface area contributed by atoms with Gasteiger partial charge in [-0.15, -0.1) is 0 Å². The Balaban J connectivity index is 2.14. The minimum Gasteiger partial charge on any atom is -0.373 e. The number of morpholine rings is 1. The molecule has 1 aliphatic heterocycles. The van der Waals surface area contributed by atoms with Gasteiger partial charge in [0.1, 0.15) is 10.9 Å². The quantitative estimate of drug-likeness (QED) is 0.851. The summed E-state index contributed by atoms with van der Waals surface area (Å²) in [6, 6.07) is 2.02. The molecule has 0 spiro atoms. The van der Waals surface area contributed by atoms with Gasteiger partial charge in [0.2, 0.25) is 0 Å². The molecule has 1 aromatic rings. The Hall–Kier alpha value is -0.870. The van der Waals surface area contributed by atoms with Crippen molar-refractivity contribution in [3.05, 3.63) is 10.0 Å². The highest BCUT2D eigenvalue weighted by Gasteiger charge is 2.22. The SMILES string of the molecule is N#Cc1sc(N2CCOC(CN)C2)nc1Cl. The van der Waals surface area contributed by atoms with Crippen molar-refractivity contribution in [1.82, 2.24) is 4.98 Å². The van der Waals surface area contributed by atoms with Gasteiger partial charge < -0.3 is 15.4 Å². The van der Waals surface area contributed by atoms with Gasteiger partial charge in [0.25, 0.3) is 0 Å². The lowest BCUT2D eigenvalue weighted by atomic mass is 10.3. The molecule has 5 nitrogen and oxygen atoms in total. The van der Waals surface area contributed by atoms with Crippen molar-refractivity contribution in [2.75, 3.05) is 31.1 Å². The van der Waals surface area contributed by atoms with Gasteiger partial charge >= 0.3 is 0 Å². The zero-order chi connectivity index (χ0) is 11.5. The highest BCUT2D eigenvalue weighted by atomic mass is 35.5. The highest BCUT2D eigenvalue weighted by Crippen LogP contribution is 2.29. The van der Waals surface area contributed by atoms with Gasteiger partial charge in [-0.2, -0.15) is 5.26 Å². The standard InChI is InChI=1S/C9H11ClN4OS/c10-8-7(4-12)16-9(13-8)14-1-2-15-6(3-11)5-14/h6H,1-3,5,11H2. The summed E-state index contributed by atoms with van der Waals surface area (Å²) in [4.78, 5) is 6.67. The molecule has 86 valence electrons. The molecule has 1 fully saturated rings. The number of ether oxygens (including phenoxy) is 1. The Morgan fingerprint density at radius 2 is 2.56 bits per heavy atom. The maximum absolute atomic E-state index is 8.80. The number of anilines is 1. The van der Waals surface area contributed by atoms with Gasteiger partial charge in [0.15, 0.2) is 10.3 Å². The summed E-state index contributed by atoms with van der Waals surface area (Å²) in [5.41, 5.74) is 5.56. The molecule has 0 saturated carbocycles. The van der Waals surface area contributed by atoms with Gasteiger partial charge in [-0.05, 0) is 0 Å². The van der Waals surface area contributed by atoms with E-state index in [9.17, 15) is 0 Å². The van der Waals surface area contributed by atoms with Gasteiger partial charge in [-0.3, -0.25) is 0 Å². The molecule has 1 atom stereocenters. The van der Waals surface area contributed by atoms with Gasteiger partial charge in [-0.1, -0.05) is 22.9 Å². The minimum absolute atomic E-state index is 0.0296. The van der Waals surface area contributed by atoms with Crippen LogP contribution in [0.1, 0.15) is 4.88 Å². The third-order valence-corrected chi connectivity index (χ3v) is 3.75. The molecule has 1 aliphatic rings. The number of nitrogens with zero attached hydrogens (tertiary/aromatic N) is 3. The molecule has 1 saturated heterocycles. The van der Waals surface area contributed by atoms with Crippen LogP contribution in [-0.4, -0.2) is 37.3 Å². The second-order valence-electron chi connectivity index (χ2n) is 3.40. The zero-order valence-corrected chi connectivity index (χ0v) is 10.1. The monoisotopic (exact) mass is 258 g/mol. The van der Waals surface area contributed by atoms with Crippen LogP contribution >= 0.6 is 22.9 Å². The molecule has 0 radical (unpaired) electrons. The highest BCUT2D eigenvalue weighted by molar-refractivity contribution is 7.16. The number of halogens is 1. The predicted molar refractivity (Wildman–Crippen MR) is 62.8 cm³/mol. The molecule has 0 aliphatic carbocycles. The van der Waals surface area contributed by atoms with Gasteiger partial charge in [0.05, 0.1) is 12.7 Å². The third-order valence-electron chi connectivity index (χ3n) is 2.35. The van der Waals surface area contributed by atoms with Crippen LogP contribution in [0.4, 0.5) is 5.13 Å². The van der Waals surface area contributed by atoms with Crippen molar-refractivity contribution < 1.29 is 4.74 Å². The minimum atomic E-state index is 0.0296. The van der Waals surface area contributed by atoms with Crippen molar-refractivity contribution >= 4 is 28.1 Å². The number of rotatable bonds is 2. The van der Waals surface area contributed by atoms with E-state index in [4.69, 9.17) is 27.3 Å². The first kappa shape index (κ1) is 11.6. The fourth-order valence-electron chi connectivity index (χ4n) is 1.53. The predicted octanol–water partition coefficient (Wildman–Crippen LogP) is 0.832. The topological polar surface area (TPSA) is 75.2 Å². The number of nitriles is 1. The average molecular weight is 259 g/mol. The summed E-state index contributed by atoms with van der Waals surface area (Å²) >= 11 is 7.13. The summed E-state index contributed by atoms with van der Waals surface area (Å²) in [5, 5.41) is 9.84. The number of thiazole rings is 1. The first-order valence-corrected chi connectivity index (χ1v) is 6.07.